The average Bonchev–Trinajstić information content (AvgIpc) is 2.83. The molecule has 0 aliphatic carbocycles. The lowest BCUT2D eigenvalue weighted by molar-refractivity contribution is -0.384. The Labute approximate surface area is 112 Å². The molecule has 0 aliphatic rings. The van der Waals surface area contributed by atoms with E-state index in [2.05, 4.69) is 10.2 Å². The lowest BCUT2D eigenvalue weighted by Crippen LogP contribution is -1.97. The van der Waals surface area contributed by atoms with Crippen molar-refractivity contribution in [3.63, 3.8) is 0 Å². The summed E-state index contributed by atoms with van der Waals surface area (Å²) in [5.41, 5.74) is -0.0714. The van der Waals surface area contributed by atoms with Gasteiger partial charge in [-0.25, -0.2) is 5.10 Å². The molecule has 8 nitrogen and oxygen atoms in total. The molecule has 0 atom stereocenters. The highest BCUT2D eigenvalue weighted by Crippen LogP contribution is 2.39. The molecule has 1 N–H and O–H groups in total. The van der Waals surface area contributed by atoms with Crippen molar-refractivity contribution in [2.24, 2.45) is 0 Å². The van der Waals surface area contributed by atoms with E-state index >= 15 is 0 Å². The van der Waals surface area contributed by atoms with E-state index in [1.54, 1.807) is 0 Å². The Morgan fingerprint density at radius 2 is 2.00 bits per heavy atom. The number of methoxy groups -OCH3 is 2. The number of nitrogens with zero attached hydrogens (tertiary/aromatic N) is 2. The SMILES string of the molecule is COc1cc(-c2n[nH]c(=S)o2)c([N+](=O)[O-])cc1OC. The summed E-state index contributed by atoms with van der Waals surface area (Å²) < 4.78 is 15.2. The number of aromatic amines is 1. The molecule has 0 radical (unpaired) electrons. The quantitative estimate of drug-likeness (QED) is 0.521. The molecule has 0 aliphatic heterocycles. The zero-order valence-corrected chi connectivity index (χ0v) is 10.8. The summed E-state index contributed by atoms with van der Waals surface area (Å²) in [7, 11) is 2.81. The molecular weight excluding hydrogens is 274 g/mol. The van der Waals surface area contributed by atoms with Crippen molar-refractivity contribution in [3.05, 3.63) is 27.1 Å². The van der Waals surface area contributed by atoms with E-state index in [9.17, 15) is 10.1 Å². The first-order valence-corrected chi connectivity index (χ1v) is 5.44. The Hall–Kier alpha value is -2.42. The molecule has 1 aromatic carbocycles. The third-order valence-electron chi connectivity index (χ3n) is 2.37. The van der Waals surface area contributed by atoms with Crippen LogP contribution in [0.15, 0.2) is 16.5 Å². The van der Waals surface area contributed by atoms with Crippen molar-refractivity contribution >= 4 is 17.9 Å². The number of H-pyrrole nitrogens is 1. The molecule has 9 heteroatoms. The number of nitro benzene ring substituents is 1. The van der Waals surface area contributed by atoms with Crippen LogP contribution in [0.3, 0.4) is 0 Å². The Bertz CT molecular complexity index is 678. The van der Waals surface area contributed by atoms with Crippen LogP contribution in [-0.2, 0) is 0 Å². The van der Waals surface area contributed by atoms with Crippen LogP contribution in [-0.4, -0.2) is 29.3 Å². The van der Waals surface area contributed by atoms with Gasteiger partial charge in [-0.15, -0.1) is 5.10 Å². The smallest absolute Gasteiger partial charge is 0.286 e. The van der Waals surface area contributed by atoms with E-state index in [1.165, 1.54) is 26.4 Å². The molecule has 1 aromatic heterocycles. The number of benzene rings is 1. The van der Waals surface area contributed by atoms with Gasteiger partial charge >= 0.3 is 0 Å². The third kappa shape index (κ3) is 2.40. The third-order valence-corrected chi connectivity index (χ3v) is 2.54. The Balaban J connectivity index is 2.70. The van der Waals surface area contributed by atoms with Gasteiger partial charge in [0.1, 0.15) is 5.56 Å². The first kappa shape index (κ1) is 13.0. The fraction of sp³-hybridized carbons (Fsp3) is 0.200. The molecule has 0 amide bonds. The number of nitro groups is 1. The Morgan fingerprint density at radius 1 is 1.37 bits per heavy atom. The summed E-state index contributed by atoms with van der Waals surface area (Å²) in [6.07, 6.45) is 0. The lowest BCUT2D eigenvalue weighted by atomic mass is 10.1. The zero-order valence-electron chi connectivity index (χ0n) is 10.00. The maximum Gasteiger partial charge on any atom is 0.286 e. The van der Waals surface area contributed by atoms with Gasteiger partial charge in [0.15, 0.2) is 11.5 Å². The van der Waals surface area contributed by atoms with E-state index in [0.717, 1.165) is 0 Å². The Morgan fingerprint density at radius 3 is 2.47 bits per heavy atom. The van der Waals surface area contributed by atoms with Crippen molar-refractivity contribution in [1.29, 1.82) is 0 Å². The van der Waals surface area contributed by atoms with Crippen LogP contribution in [0.25, 0.3) is 11.5 Å². The standard InChI is InChI=1S/C10H9N3O5S/c1-16-7-3-5(9-11-12-10(19)18-9)6(13(14)15)4-8(7)17-2/h3-4H,1-2H3,(H,12,19). The van der Waals surface area contributed by atoms with Crippen LogP contribution < -0.4 is 9.47 Å². The Kier molecular flexibility index (Phi) is 3.47. The largest absolute Gasteiger partial charge is 0.493 e. The predicted octanol–water partition coefficient (Wildman–Crippen LogP) is 2.32. The fourth-order valence-electron chi connectivity index (χ4n) is 1.54. The summed E-state index contributed by atoms with van der Waals surface area (Å²) in [6, 6.07) is 2.65. The van der Waals surface area contributed by atoms with Gasteiger partial charge in [-0.3, -0.25) is 10.1 Å². The van der Waals surface area contributed by atoms with Crippen LogP contribution in [0.4, 0.5) is 5.69 Å². The zero-order chi connectivity index (χ0) is 14.0. The fourth-order valence-corrected chi connectivity index (χ4v) is 1.66. The molecule has 0 unspecified atom stereocenters. The number of hydrogen-bond acceptors (Lipinski definition) is 7. The summed E-state index contributed by atoms with van der Waals surface area (Å²) in [4.78, 5) is 10.5. The number of hydrogen-bond donors (Lipinski definition) is 1. The average molecular weight is 283 g/mol. The normalized spacial score (nSPS) is 10.2. The lowest BCUT2D eigenvalue weighted by Gasteiger charge is -2.08. The number of aromatic nitrogens is 2. The van der Waals surface area contributed by atoms with Gasteiger partial charge in [0, 0.05) is 6.07 Å². The molecule has 19 heavy (non-hydrogen) atoms. The van der Waals surface area contributed by atoms with Crippen LogP contribution in [0.2, 0.25) is 0 Å². The van der Waals surface area contributed by atoms with Crippen LogP contribution >= 0.6 is 12.2 Å². The molecule has 0 saturated heterocycles. The highest BCUT2D eigenvalue weighted by atomic mass is 32.1. The van der Waals surface area contributed by atoms with E-state index in [-0.39, 0.29) is 27.7 Å². The summed E-state index contributed by atoms with van der Waals surface area (Å²) in [5, 5.41) is 17.2. The van der Waals surface area contributed by atoms with Crippen LogP contribution in [0.5, 0.6) is 11.5 Å². The van der Waals surface area contributed by atoms with E-state index < -0.39 is 4.92 Å². The minimum Gasteiger partial charge on any atom is -0.493 e. The number of rotatable bonds is 4. The molecule has 0 saturated carbocycles. The summed E-state index contributed by atoms with van der Waals surface area (Å²) in [5.74, 6) is 0.581. The molecule has 100 valence electrons. The van der Waals surface area contributed by atoms with Crippen molar-refractivity contribution in [1.82, 2.24) is 10.2 Å². The van der Waals surface area contributed by atoms with Crippen molar-refractivity contribution in [2.45, 2.75) is 0 Å². The van der Waals surface area contributed by atoms with Crippen molar-refractivity contribution < 1.29 is 18.8 Å². The minimum absolute atomic E-state index is 0.0117. The van der Waals surface area contributed by atoms with E-state index in [4.69, 9.17) is 26.1 Å². The van der Waals surface area contributed by atoms with Gasteiger partial charge in [0.25, 0.3) is 16.4 Å². The first-order valence-electron chi connectivity index (χ1n) is 5.03. The second kappa shape index (κ2) is 5.06. The van der Waals surface area contributed by atoms with Gasteiger partial charge in [-0.2, -0.15) is 0 Å². The molecule has 0 bridgehead atoms. The highest BCUT2D eigenvalue weighted by Gasteiger charge is 2.23. The maximum absolute atomic E-state index is 11.1. The van der Waals surface area contributed by atoms with Gasteiger partial charge in [0.2, 0.25) is 0 Å². The van der Waals surface area contributed by atoms with E-state index in [0.29, 0.717) is 5.75 Å². The van der Waals surface area contributed by atoms with Gasteiger partial charge in [-0.05, 0) is 12.2 Å². The maximum atomic E-state index is 11.1. The summed E-state index contributed by atoms with van der Waals surface area (Å²) >= 11 is 4.74. The van der Waals surface area contributed by atoms with Gasteiger partial charge < -0.3 is 13.9 Å². The second-order valence-electron chi connectivity index (χ2n) is 3.40. The van der Waals surface area contributed by atoms with Crippen LogP contribution in [0.1, 0.15) is 0 Å². The molecule has 0 fully saturated rings. The van der Waals surface area contributed by atoms with E-state index in [1.807, 2.05) is 0 Å². The molecule has 2 rings (SSSR count). The number of ether oxygens (including phenoxy) is 2. The summed E-state index contributed by atoms with van der Waals surface area (Å²) in [6.45, 7) is 0. The van der Waals surface area contributed by atoms with Crippen LogP contribution in [0, 0.1) is 15.0 Å². The topological polar surface area (TPSA) is 103 Å². The second-order valence-corrected chi connectivity index (χ2v) is 3.77. The predicted molar refractivity (Wildman–Crippen MR) is 66.9 cm³/mol. The van der Waals surface area contributed by atoms with Crippen molar-refractivity contribution in [2.75, 3.05) is 14.2 Å². The van der Waals surface area contributed by atoms with Gasteiger partial charge in [-0.1, -0.05) is 0 Å². The molecule has 1 heterocycles. The molecule has 0 spiro atoms. The molecular formula is C10H9N3O5S. The van der Waals surface area contributed by atoms with Gasteiger partial charge in [0.05, 0.1) is 25.2 Å². The molecule has 2 aromatic rings. The first-order chi connectivity index (χ1) is 9.06. The van der Waals surface area contributed by atoms with Crippen molar-refractivity contribution in [3.8, 4) is 23.0 Å². The minimum atomic E-state index is -0.565. The highest BCUT2D eigenvalue weighted by molar-refractivity contribution is 7.71. The number of nitrogens with one attached hydrogen (secondary N) is 1. The monoisotopic (exact) mass is 283 g/mol.